The minimum atomic E-state index is -0.151. The van der Waals surface area contributed by atoms with Crippen LogP contribution >= 0.6 is 11.8 Å². The molecule has 0 saturated heterocycles. The molecule has 0 radical (unpaired) electrons. The lowest BCUT2D eigenvalue weighted by Gasteiger charge is -2.18. The third-order valence-corrected chi connectivity index (χ3v) is 3.99. The Morgan fingerprint density at radius 1 is 1.19 bits per heavy atom. The molecule has 5 heteroatoms. The zero-order valence-electron chi connectivity index (χ0n) is 11.6. The van der Waals surface area contributed by atoms with Crippen molar-refractivity contribution in [1.29, 1.82) is 0 Å². The van der Waals surface area contributed by atoms with Gasteiger partial charge in [0.1, 0.15) is 0 Å². The first-order valence-corrected chi connectivity index (χ1v) is 7.76. The normalized spacial score (nSPS) is 11.9. The molecule has 0 bridgehead atoms. The van der Waals surface area contributed by atoms with Crippen LogP contribution in [-0.2, 0) is 4.79 Å². The first-order chi connectivity index (χ1) is 10.3. The molecule has 0 aliphatic carbocycles. The topological polar surface area (TPSA) is 62.2 Å². The summed E-state index contributed by atoms with van der Waals surface area (Å²) in [6.45, 7) is 0.0390. The van der Waals surface area contributed by atoms with Gasteiger partial charge < -0.3 is 10.4 Å². The van der Waals surface area contributed by atoms with Gasteiger partial charge in [0.25, 0.3) is 0 Å². The predicted molar refractivity (Wildman–Crippen MR) is 84.0 cm³/mol. The van der Waals surface area contributed by atoms with E-state index in [1.54, 1.807) is 12.4 Å². The van der Waals surface area contributed by atoms with Crippen molar-refractivity contribution < 1.29 is 9.90 Å². The SMILES string of the molecule is O=C(CSc1ccncc1)NC(CCO)c1ccccc1. The summed E-state index contributed by atoms with van der Waals surface area (Å²) in [4.78, 5) is 17.0. The summed E-state index contributed by atoms with van der Waals surface area (Å²) in [6.07, 6.45) is 3.92. The summed E-state index contributed by atoms with van der Waals surface area (Å²) in [7, 11) is 0. The van der Waals surface area contributed by atoms with Gasteiger partial charge >= 0.3 is 0 Å². The van der Waals surface area contributed by atoms with E-state index in [2.05, 4.69) is 10.3 Å². The van der Waals surface area contributed by atoms with Crippen LogP contribution in [-0.4, -0.2) is 28.4 Å². The maximum Gasteiger partial charge on any atom is 0.230 e. The predicted octanol–water partition coefficient (Wildman–Crippen LogP) is 2.41. The number of pyridine rings is 1. The number of hydrogen-bond donors (Lipinski definition) is 2. The van der Waals surface area contributed by atoms with E-state index in [-0.39, 0.29) is 18.6 Å². The lowest BCUT2D eigenvalue weighted by atomic mass is 10.0. The number of thioether (sulfide) groups is 1. The number of aliphatic hydroxyl groups excluding tert-OH is 1. The van der Waals surface area contributed by atoms with Crippen molar-refractivity contribution in [3.05, 3.63) is 60.4 Å². The number of hydrogen-bond acceptors (Lipinski definition) is 4. The molecule has 1 amide bonds. The van der Waals surface area contributed by atoms with Crippen LogP contribution < -0.4 is 5.32 Å². The van der Waals surface area contributed by atoms with Crippen molar-refractivity contribution >= 4 is 17.7 Å². The van der Waals surface area contributed by atoms with Crippen molar-refractivity contribution in [2.75, 3.05) is 12.4 Å². The van der Waals surface area contributed by atoms with Gasteiger partial charge in [-0.05, 0) is 24.1 Å². The summed E-state index contributed by atoms with van der Waals surface area (Å²) < 4.78 is 0. The van der Waals surface area contributed by atoms with E-state index in [0.717, 1.165) is 10.5 Å². The third kappa shape index (κ3) is 5.21. The fraction of sp³-hybridized carbons (Fsp3) is 0.250. The van der Waals surface area contributed by atoms with Gasteiger partial charge in [-0.3, -0.25) is 9.78 Å². The third-order valence-electron chi connectivity index (χ3n) is 2.97. The summed E-state index contributed by atoms with van der Waals surface area (Å²) >= 11 is 1.47. The number of carbonyl (C=O) groups is 1. The molecule has 2 rings (SSSR count). The molecular formula is C16H18N2O2S. The van der Waals surface area contributed by atoms with Gasteiger partial charge in [0.05, 0.1) is 11.8 Å². The fourth-order valence-corrected chi connectivity index (χ4v) is 2.65. The maximum absolute atomic E-state index is 12.0. The Hall–Kier alpha value is -1.85. The molecule has 0 saturated carbocycles. The fourth-order valence-electron chi connectivity index (χ4n) is 1.96. The number of nitrogens with one attached hydrogen (secondary N) is 1. The van der Waals surface area contributed by atoms with E-state index in [0.29, 0.717) is 12.2 Å². The monoisotopic (exact) mass is 302 g/mol. The molecule has 1 heterocycles. The highest BCUT2D eigenvalue weighted by Crippen LogP contribution is 2.18. The summed E-state index contributed by atoms with van der Waals surface area (Å²) in [5, 5.41) is 12.1. The molecule has 0 aliphatic heterocycles. The van der Waals surface area contributed by atoms with Gasteiger partial charge in [-0.15, -0.1) is 11.8 Å². The van der Waals surface area contributed by atoms with E-state index < -0.39 is 0 Å². The molecule has 0 aliphatic rings. The Labute approximate surface area is 128 Å². The quantitative estimate of drug-likeness (QED) is 0.771. The maximum atomic E-state index is 12.0. The summed E-state index contributed by atoms with van der Waals surface area (Å²) in [5.74, 6) is 0.304. The van der Waals surface area contributed by atoms with Crippen LogP contribution in [0.15, 0.2) is 59.8 Å². The Balaban J connectivity index is 1.89. The second kappa shape index (κ2) is 8.44. The Morgan fingerprint density at radius 2 is 1.90 bits per heavy atom. The van der Waals surface area contributed by atoms with Crippen molar-refractivity contribution in [3.8, 4) is 0 Å². The molecule has 1 aromatic carbocycles. The van der Waals surface area contributed by atoms with Crippen LogP contribution in [0.3, 0.4) is 0 Å². The molecule has 4 nitrogen and oxygen atoms in total. The second-order valence-corrected chi connectivity index (χ2v) is 5.56. The highest BCUT2D eigenvalue weighted by atomic mass is 32.2. The van der Waals surface area contributed by atoms with E-state index in [1.165, 1.54) is 11.8 Å². The second-order valence-electron chi connectivity index (χ2n) is 4.51. The first kappa shape index (κ1) is 15.5. The van der Waals surface area contributed by atoms with Crippen LogP contribution in [0.1, 0.15) is 18.0 Å². The number of aromatic nitrogens is 1. The van der Waals surface area contributed by atoms with Gasteiger partial charge in [0, 0.05) is 23.9 Å². The van der Waals surface area contributed by atoms with E-state index >= 15 is 0 Å². The zero-order chi connectivity index (χ0) is 14.9. The van der Waals surface area contributed by atoms with Gasteiger partial charge in [0.2, 0.25) is 5.91 Å². The Bertz CT molecular complexity index is 549. The van der Waals surface area contributed by atoms with Crippen LogP contribution in [0.2, 0.25) is 0 Å². The van der Waals surface area contributed by atoms with Crippen molar-refractivity contribution in [1.82, 2.24) is 10.3 Å². The average molecular weight is 302 g/mol. The largest absolute Gasteiger partial charge is 0.396 e. The zero-order valence-corrected chi connectivity index (χ0v) is 12.4. The molecule has 110 valence electrons. The number of aliphatic hydroxyl groups is 1. The Morgan fingerprint density at radius 3 is 2.57 bits per heavy atom. The first-order valence-electron chi connectivity index (χ1n) is 6.77. The lowest BCUT2D eigenvalue weighted by molar-refractivity contribution is -0.119. The minimum Gasteiger partial charge on any atom is -0.396 e. The number of rotatable bonds is 7. The molecule has 1 atom stereocenters. The van der Waals surface area contributed by atoms with Crippen molar-refractivity contribution in [2.24, 2.45) is 0 Å². The van der Waals surface area contributed by atoms with Crippen LogP contribution in [0.5, 0.6) is 0 Å². The van der Waals surface area contributed by atoms with E-state index in [1.807, 2.05) is 42.5 Å². The Kier molecular flexibility index (Phi) is 6.24. The summed E-state index contributed by atoms with van der Waals surface area (Å²) in [5.41, 5.74) is 1.01. The van der Waals surface area contributed by atoms with Gasteiger partial charge in [-0.2, -0.15) is 0 Å². The number of amides is 1. The van der Waals surface area contributed by atoms with Gasteiger partial charge in [-0.25, -0.2) is 0 Å². The minimum absolute atomic E-state index is 0.0390. The van der Waals surface area contributed by atoms with Crippen molar-refractivity contribution in [2.45, 2.75) is 17.4 Å². The average Bonchev–Trinajstić information content (AvgIpc) is 2.54. The molecule has 1 unspecified atom stereocenters. The van der Waals surface area contributed by atoms with Crippen molar-refractivity contribution in [3.63, 3.8) is 0 Å². The van der Waals surface area contributed by atoms with E-state index in [9.17, 15) is 4.79 Å². The number of carbonyl (C=O) groups excluding carboxylic acids is 1. The molecule has 0 spiro atoms. The molecule has 1 aromatic heterocycles. The van der Waals surface area contributed by atoms with Crippen LogP contribution in [0.4, 0.5) is 0 Å². The standard InChI is InChI=1S/C16H18N2O2S/c19-11-8-15(13-4-2-1-3-5-13)18-16(20)12-21-14-6-9-17-10-7-14/h1-7,9-10,15,19H,8,11-12H2,(H,18,20). The van der Waals surface area contributed by atoms with Gasteiger partial charge in [-0.1, -0.05) is 30.3 Å². The van der Waals surface area contributed by atoms with E-state index in [4.69, 9.17) is 5.11 Å². The van der Waals surface area contributed by atoms with Crippen LogP contribution in [0.25, 0.3) is 0 Å². The molecule has 21 heavy (non-hydrogen) atoms. The molecular weight excluding hydrogens is 284 g/mol. The molecule has 0 fully saturated rings. The summed E-state index contributed by atoms with van der Waals surface area (Å²) in [6, 6.07) is 13.3. The highest BCUT2D eigenvalue weighted by Gasteiger charge is 2.13. The van der Waals surface area contributed by atoms with Gasteiger partial charge in [0.15, 0.2) is 0 Å². The number of nitrogens with zero attached hydrogens (tertiary/aromatic N) is 1. The molecule has 2 aromatic rings. The van der Waals surface area contributed by atoms with Crippen LogP contribution in [0, 0.1) is 0 Å². The lowest BCUT2D eigenvalue weighted by Crippen LogP contribution is -2.30. The number of benzene rings is 1. The smallest absolute Gasteiger partial charge is 0.230 e. The molecule has 2 N–H and O–H groups in total. The highest BCUT2D eigenvalue weighted by molar-refractivity contribution is 8.00.